The van der Waals surface area contributed by atoms with Gasteiger partial charge in [0.2, 0.25) is 0 Å². The predicted octanol–water partition coefficient (Wildman–Crippen LogP) is 2.99. The molecule has 14 heavy (non-hydrogen) atoms. The van der Waals surface area contributed by atoms with Crippen LogP contribution in [0.5, 0.6) is 5.75 Å². The van der Waals surface area contributed by atoms with Gasteiger partial charge in [0, 0.05) is 5.02 Å². The summed E-state index contributed by atoms with van der Waals surface area (Å²) in [6.07, 6.45) is 0. The lowest BCUT2D eigenvalue weighted by atomic mass is 10.2. The number of ketones is 1. The molecule has 1 rings (SSSR count). The molecule has 0 spiro atoms. The number of carbonyl (C=O) groups excluding carboxylic acids is 1. The van der Waals surface area contributed by atoms with E-state index in [0.29, 0.717) is 16.1 Å². The van der Waals surface area contributed by atoms with Crippen molar-refractivity contribution in [3.05, 3.63) is 28.8 Å². The summed E-state index contributed by atoms with van der Waals surface area (Å²) in [7, 11) is 0. The summed E-state index contributed by atoms with van der Waals surface area (Å²) in [5.41, 5.74) is 0.930. The third kappa shape index (κ3) is 3.31. The molecule has 1 aromatic carbocycles. The van der Waals surface area contributed by atoms with Crippen molar-refractivity contribution >= 4 is 33.3 Å². The summed E-state index contributed by atoms with van der Waals surface area (Å²) in [6.45, 7) is 1.98. The normalized spacial score (nSPS) is 9.93. The minimum Gasteiger partial charge on any atom is -0.486 e. The van der Waals surface area contributed by atoms with Crippen LogP contribution < -0.4 is 4.74 Å². The minimum absolute atomic E-state index is 0.0133. The maximum Gasteiger partial charge on any atom is 0.180 e. The molecule has 0 aliphatic carbocycles. The van der Waals surface area contributed by atoms with Crippen LogP contribution in [0.1, 0.15) is 5.56 Å². The lowest BCUT2D eigenvalue weighted by Crippen LogP contribution is -2.12. The summed E-state index contributed by atoms with van der Waals surface area (Å²) in [6, 6.07) is 5.30. The van der Waals surface area contributed by atoms with Crippen LogP contribution in [-0.4, -0.2) is 17.7 Å². The second kappa shape index (κ2) is 5.37. The Bertz CT molecular complexity index is 339. The summed E-state index contributed by atoms with van der Waals surface area (Å²) < 4.78 is 5.31. The van der Waals surface area contributed by atoms with Crippen LogP contribution in [0.4, 0.5) is 0 Å². The van der Waals surface area contributed by atoms with E-state index in [9.17, 15) is 4.79 Å². The van der Waals surface area contributed by atoms with Crippen molar-refractivity contribution in [2.45, 2.75) is 6.92 Å². The van der Waals surface area contributed by atoms with Crippen LogP contribution in [0.15, 0.2) is 18.2 Å². The van der Waals surface area contributed by atoms with E-state index in [1.807, 2.05) is 6.92 Å². The fraction of sp³-hybridized carbons (Fsp3) is 0.300. The number of aryl methyl sites for hydroxylation is 1. The van der Waals surface area contributed by atoms with Crippen molar-refractivity contribution in [3.63, 3.8) is 0 Å². The number of hydrogen-bond donors (Lipinski definition) is 0. The highest BCUT2D eigenvalue weighted by Gasteiger charge is 2.03. The van der Waals surface area contributed by atoms with Crippen LogP contribution in [0.2, 0.25) is 5.02 Å². The van der Waals surface area contributed by atoms with Crippen LogP contribution in [0.25, 0.3) is 0 Å². The van der Waals surface area contributed by atoms with Crippen LogP contribution in [-0.2, 0) is 4.79 Å². The Labute approximate surface area is 96.3 Å². The molecule has 0 fully saturated rings. The SMILES string of the molecule is Cc1cc(Cl)ccc1OCC(=O)CBr. The molecule has 0 aromatic heterocycles. The average Bonchev–Trinajstić information content (AvgIpc) is 2.16. The molecule has 76 valence electrons. The maximum atomic E-state index is 11.0. The monoisotopic (exact) mass is 276 g/mol. The van der Waals surface area contributed by atoms with Gasteiger partial charge >= 0.3 is 0 Å². The first-order valence-electron chi connectivity index (χ1n) is 4.10. The van der Waals surface area contributed by atoms with Gasteiger partial charge in [-0.3, -0.25) is 4.79 Å². The van der Waals surface area contributed by atoms with Crippen molar-refractivity contribution < 1.29 is 9.53 Å². The summed E-state index contributed by atoms with van der Waals surface area (Å²) in [4.78, 5) is 11.0. The molecule has 0 atom stereocenters. The highest BCUT2D eigenvalue weighted by molar-refractivity contribution is 9.09. The van der Waals surface area contributed by atoms with Crippen molar-refractivity contribution in [1.29, 1.82) is 0 Å². The molecule has 0 amide bonds. The van der Waals surface area contributed by atoms with Crippen LogP contribution >= 0.6 is 27.5 Å². The van der Waals surface area contributed by atoms with E-state index in [1.165, 1.54) is 0 Å². The smallest absolute Gasteiger partial charge is 0.180 e. The molecule has 4 heteroatoms. The topological polar surface area (TPSA) is 26.3 Å². The summed E-state index contributed by atoms with van der Waals surface area (Å²) >= 11 is 8.84. The van der Waals surface area contributed by atoms with Gasteiger partial charge in [-0.05, 0) is 30.7 Å². The fourth-order valence-electron chi connectivity index (χ4n) is 0.972. The molecule has 0 radical (unpaired) electrons. The molecule has 0 N–H and O–H groups in total. The predicted molar refractivity (Wildman–Crippen MR) is 60.5 cm³/mol. The van der Waals surface area contributed by atoms with Gasteiger partial charge < -0.3 is 4.74 Å². The number of alkyl halides is 1. The largest absolute Gasteiger partial charge is 0.486 e. The van der Waals surface area contributed by atoms with E-state index in [0.717, 1.165) is 5.56 Å². The lowest BCUT2D eigenvalue weighted by molar-refractivity contribution is -0.118. The van der Waals surface area contributed by atoms with Crippen molar-refractivity contribution in [2.24, 2.45) is 0 Å². The van der Waals surface area contributed by atoms with Crippen molar-refractivity contribution in [3.8, 4) is 5.75 Å². The van der Waals surface area contributed by atoms with Crippen LogP contribution in [0.3, 0.4) is 0 Å². The van der Waals surface area contributed by atoms with Crippen LogP contribution in [0, 0.1) is 6.92 Å². The molecule has 1 aromatic rings. The number of carbonyl (C=O) groups is 1. The number of rotatable bonds is 4. The molecule has 0 aliphatic rings. The first kappa shape index (κ1) is 11.5. The van der Waals surface area contributed by atoms with Gasteiger partial charge in [-0.15, -0.1) is 0 Å². The Kier molecular flexibility index (Phi) is 4.42. The third-order valence-corrected chi connectivity index (χ3v) is 2.54. The number of halogens is 2. The number of hydrogen-bond acceptors (Lipinski definition) is 2. The molecule has 2 nitrogen and oxygen atoms in total. The lowest BCUT2D eigenvalue weighted by Gasteiger charge is -2.07. The molecule has 0 aliphatic heterocycles. The zero-order chi connectivity index (χ0) is 10.6. The number of Topliss-reactive ketones (excluding diaryl/α,β-unsaturated/α-hetero) is 1. The zero-order valence-electron chi connectivity index (χ0n) is 7.72. The minimum atomic E-state index is 0.0133. The molecule has 0 unspecified atom stereocenters. The maximum absolute atomic E-state index is 11.0. The van der Waals surface area contributed by atoms with Crippen molar-refractivity contribution in [2.75, 3.05) is 11.9 Å². The molecular weight excluding hydrogens is 267 g/mol. The van der Waals surface area contributed by atoms with Gasteiger partial charge in [-0.2, -0.15) is 0 Å². The number of benzene rings is 1. The van der Waals surface area contributed by atoms with Crippen molar-refractivity contribution in [1.82, 2.24) is 0 Å². The highest BCUT2D eigenvalue weighted by atomic mass is 79.9. The van der Waals surface area contributed by atoms with Gasteiger partial charge in [0.1, 0.15) is 12.4 Å². The Morgan fingerprint density at radius 1 is 1.57 bits per heavy atom. The highest BCUT2D eigenvalue weighted by Crippen LogP contribution is 2.21. The molecule has 0 saturated heterocycles. The van der Waals surface area contributed by atoms with Gasteiger partial charge in [0.15, 0.2) is 5.78 Å². The Morgan fingerprint density at radius 3 is 2.86 bits per heavy atom. The Morgan fingerprint density at radius 2 is 2.29 bits per heavy atom. The average molecular weight is 278 g/mol. The Balaban J connectivity index is 2.63. The van der Waals surface area contributed by atoms with E-state index >= 15 is 0 Å². The molecule has 0 bridgehead atoms. The van der Waals surface area contributed by atoms with E-state index < -0.39 is 0 Å². The Hall–Kier alpha value is -0.540. The summed E-state index contributed by atoms with van der Waals surface area (Å²) in [5, 5.41) is 0.987. The second-order valence-electron chi connectivity index (χ2n) is 2.87. The quantitative estimate of drug-likeness (QED) is 0.791. The summed E-state index contributed by atoms with van der Waals surface area (Å²) in [5.74, 6) is 0.711. The van der Waals surface area contributed by atoms with Gasteiger partial charge in [0.25, 0.3) is 0 Å². The van der Waals surface area contributed by atoms with Gasteiger partial charge in [0.05, 0.1) is 5.33 Å². The molecule has 0 heterocycles. The molecular formula is C10H10BrClO2. The fourth-order valence-corrected chi connectivity index (χ4v) is 1.36. The van der Waals surface area contributed by atoms with E-state index in [2.05, 4.69) is 15.9 Å². The second-order valence-corrected chi connectivity index (χ2v) is 3.87. The molecule has 0 saturated carbocycles. The van der Waals surface area contributed by atoms with Gasteiger partial charge in [-0.25, -0.2) is 0 Å². The standard InChI is InChI=1S/C10H10BrClO2/c1-7-4-8(12)2-3-10(7)14-6-9(13)5-11/h2-4H,5-6H2,1H3. The van der Waals surface area contributed by atoms with E-state index in [4.69, 9.17) is 16.3 Å². The first-order chi connectivity index (χ1) is 6.63. The number of ether oxygens (including phenoxy) is 1. The van der Waals surface area contributed by atoms with Gasteiger partial charge in [-0.1, -0.05) is 27.5 Å². The zero-order valence-corrected chi connectivity index (χ0v) is 10.1. The first-order valence-corrected chi connectivity index (χ1v) is 5.60. The van der Waals surface area contributed by atoms with E-state index in [-0.39, 0.29) is 12.4 Å². The third-order valence-electron chi connectivity index (χ3n) is 1.67. The van der Waals surface area contributed by atoms with E-state index in [1.54, 1.807) is 18.2 Å².